The molecule has 1 aromatic carbocycles. The molecule has 1 saturated heterocycles. The lowest BCUT2D eigenvalue weighted by Crippen LogP contribution is -2.52. The minimum Gasteiger partial charge on any atom is -0.444 e. The van der Waals surface area contributed by atoms with E-state index in [0.29, 0.717) is 6.54 Å². The number of ether oxygens (including phenoxy) is 1. The number of aliphatic imine (C=N–C) groups is 1. The molecule has 0 spiro atoms. The third kappa shape index (κ3) is 8.53. The Hall–Kier alpha value is -1.71. The second-order valence-corrected chi connectivity index (χ2v) is 7.57. The Morgan fingerprint density at radius 1 is 1.07 bits per heavy atom. The van der Waals surface area contributed by atoms with Crippen LogP contribution in [0.5, 0.6) is 0 Å². The van der Waals surface area contributed by atoms with Crippen LogP contribution in [0.4, 0.5) is 10.5 Å². The Morgan fingerprint density at radius 2 is 1.68 bits per heavy atom. The van der Waals surface area contributed by atoms with Crippen molar-refractivity contribution in [3.8, 4) is 0 Å². The summed E-state index contributed by atoms with van der Waals surface area (Å²) >= 11 is 0. The van der Waals surface area contributed by atoms with Crippen molar-refractivity contribution < 1.29 is 9.53 Å². The van der Waals surface area contributed by atoms with Crippen LogP contribution in [0.1, 0.15) is 27.2 Å². The largest absolute Gasteiger partial charge is 0.444 e. The standard InChI is InChI=1S/C20H33N5O2.HI/c1-20(2,3)27-19(26)23-12-8-11-22-18(21-4)25-15-13-24(14-16-25)17-9-6-5-7-10-17;/h5-7,9-10H,8,11-16H2,1-4H3,(H,21,22)(H,23,26);1H. The van der Waals surface area contributed by atoms with Crippen molar-refractivity contribution in [2.24, 2.45) is 4.99 Å². The number of para-hydroxylation sites is 1. The Kier molecular flexibility index (Phi) is 10.4. The maximum absolute atomic E-state index is 11.6. The zero-order valence-corrected chi connectivity index (χ0v) is 19.7. The SMILES string of the molecule is CN=C(NCCCNC(=O)OC(C)(C)C)N1CCN(c2ccccc2)CC1.I. The first kappa shape index (κ1) is 24.3. The number of halogens is 1. The molecular formula is C20H34IN5O2. The number of nitrogens with one attached hydrogen (secondary N) is 2. The molecule has 1 fully saturated rings. The number of hydrogen-bond acceptors (Lipinski definition) is 4. The summed E-state index contributed by atoms with van der Waals surface area (Å²) in [6.45, 7) is 10.7. The normalized spacial score (nSPS) is 14.9. The molecular weight excluding hydrogens is 469 g/mol. The predicted molar refractivity (Wildman–Crippen MR) is 126 cm³/mol. The van der Waals surface area contributed by atoms with Crippen LogP contribution in [0.25, 0.3) is 0 Å². The number of carbonyl (C=O) groups is 1. The number of anilines is 1. The van der Waals surface area contributed by atoms with E-state index in [9.17, 15) is 4.79 Å². The molecule has 1 aromatic rings. The van der Waals surface area contributed by atoms with Crippen molar-refractivity contribution in [1.29, 1.82) is 0 Å². The van der Waals surface area contributed by atoms with E-state index >= 15 is 0 Å². The smallest absolute Gasteiger partial charge is 0.407 e. The number of guanidine groups is 1. The number of piperazine rings is 1. The van der Waals surface area contributed by atoms with Crippen molar-refractivity contribution >= 4 is 41.7 Å². The summed E-state index contributed by atoms with van der Waals surface area (Å²) in [5, 5.41) is 6.15. The van der Waals surface area contributed by atoms with Gasteiger partial charge in [0.1, 0.15) is 5.60 Å². The van der Waals surface area contributed by atoms with Crippen molar-refractivity contribution in [3.05, 3.63) is 30.3 Å². The number of benzene rings is 1. The number of rotatable bonds is 5. The number of alkyl carbamates (subject to hydrolysis) is 1. The molecule has 0 aliphatic carbocycles. The highest BCUT2D eigenvalue weighted by Gasteiger charge is 2.19. The zero-order valence-electron chi connectivity index (χ0n) is 17.4. The molecule has 0 atom stereocenters. The first-order valence-corrected chi connectivity index (χ1v) is 9.61. The zero-order chi connectivity index (χ0) is 19.7. The summed E-state index contributed by atoms with van der Waals surface area (Å²) in [5.41, 5.74) is 0.806. The van der Waals surface area contributed by atoms with E-state index in [-0.39, 0.29) is 30.1 Å². The van der Waals surface area contributed by atoms with E-state index in [4.69, 9.17) is 4.74 Å². The van der Waals surface area contributed by atoms with E-state index < -0.39 is 5.60 Å². The van der Waals surface area contributed by atoms with E-state index in [1.165, 1.54) is 5.69 Å². The fourth-order valence-electron chi connectivity index (χ4n) is 2.94. The van der Waals surface area contributed by atoms with Gasteiger partial charge in [-0.3, -0.25) is 4.99 Å². The summed E-state index contributed by atoms with van der Waals surface area (Å²) < 4.78 is 5.22. The van der Waals surface area contributed by atoms with Crippen LogP contribution in [0.2, 0.25) is 0 Å². The van der Waals surface area contributed by atoms with Gasteiger partial charge < -0.3 is 25.2 Å². The molecule has 2 rings (SSSR count). The molecule has 2 N–H and O–H groups in total. The molecule has 0 aromatic heterocycles. The van der Waals surface area contributed by atoms with Gasteiger partial charge >= 0.3 is 6.09 Å². The fraction of sp³-hybridized carbons (Fsp3) is 0.600. The van der Waals surface area contributed by atoms with Crippen LogP contribution < -0.4 is 15.5 Å². The minimum absolute atomic E-state index is 0. The molecule has 1 amide bonds. The molecule has 28 heavy (non-hydrogen) atoms. The number of hydrogen-bond donors (Lipinski definition) is 2. The average Bonchev–Trinajstić information content (AvgIpc) is 2.64. The van der Waals surface area contributed by atoms with Gasteiger partial charge in [-0.25, -0.2) is 4.79 Å². The molecule has 1 heterocycles. The van der Waals surface area contributed by atoms with Crippen LogP contribution in [-0.4, -0.2) is 68.9 Å². The molecule has 7 nitrogen and oxygen atoms in total. The van der Waals surface area contributed by atoms with Crippen LogP contribution in [0.15, 0.2) is 35.3 Å². The first-order chi connectivity index (χ1) is 12.9. The van der Waals surface area contributed by atoms with Crippen molar-refractivity contribution in [3.63, 3.8) is 0 Å². The van der Waals surface area contributed by atoms with Gasteiger partial charge in [0, 0.05) is 52.0 Å². The summed E-state index contributed by atoms with van der Waals surface area (Å²) in [6.07, 6.45) is 0.436. The maximum atomic E-state index is 11.6. The number of nitrogens with zero attached hydrogens (tertiary/aromatic N) is 3. The Labute approximate surface area is 185 Å². The van der Waals surface area contributed by atoms with Crippen molar-refractivity contribution in [2.45, 2.75) is 32.8 Å². The van der Waals surface area contributed by atoms with E-state index in [2.05, 4.69) is 49.7 Å². The van der Waals surface area contributed by atoms with E-state index in [1.54, 1.807) is 0 Å². The molecule has 8 heteroatoms. The second kappa shape index (κ2) is 12.0. The Balaban J connectivity index is 0.00000392. The molecule has 1 aliphatic heterocycles. The van der Waals surface area contributed by atoms with Gasteiger partial charge in [-0.1, -0.05) is 18.2 Å². The summed E-state index contributed by atoms with van der Waals surface area (Å²) in [6, 6.07) is 10.5. The third-order valence-corrected chi connectivity index (χ3v) is 4.22. The topological polar surface area (TPSA) is 69.2 Å². The lowest BCUT2D eigenvalue weighted by Gasteiger charge is -2.37. The summed E-state index contributed by atoms with van der Waals surface area (Å²) in [4.78, 5) is 20.7. The van der Waals surface area contributed by atoms with Gasteiger partial charge in [-0.2, -0.15) is 0 Å². The van der Waals surface area contributed by atoms with Gasteiger partial charge in [0.15, 0.2) is 5.96 Å². The molecule has 0 bridgehead atoms. The maximum Gasteiger partial charge on any atom is 0.407 e. The van der Waals surface area contributed by atoms with E-state index in [0.717, 1.165) is 45.1 Å². The van der Waals surface area contributed by atoms with Crippen LogP contribution >= 0.6 is 24.0 Å². The number of amides is 1. The molecule has 0 saturated carbocycles. The molecule has 0 unspecified atom stereocenters. The predicted octanol–water partition coefficient (Wildman–Crippen LogP) is 2.92. The molecule has 158 valence electrons. The van der Waals surface area contributed by atoms with Gasteiger partial charge in [0.2, 0.25) is 0 Å². The number of carbonyl (C=O) groups excluding carboxylic acids is 1. The fourth-order valence-corrected chi connectivity index (χ4v) is 2.94. The van der Waals surface area contributed by atoms with Crippen molar-refractivity contribution in [2.75, 3.05) is 51.2 Å². The minimum atomic E-state index is -0.466. The van der Waals surface area contributed by atoms with Crippen LogP contribution in [0.3, 0.4) is 0 Å². The van der Waals surface area contributed by atoms with Crippen LogP contribution in [0, 0.1) is 0 Å². The summed E-state index contributed by atoms with van der Waals surface area (Å²) in [5.74, 6) is 0.917. The Morgan fingerprint density at radius 3 is 2.25 bits per heavy atom. The molecule has 0 radical (unpaired) electrons. The third-order valence-electron chi connectivity index (χ3n) is 4.22. The van der Waals surface area contributed by atoms with E-state index in [1.807, 2.05) is 33.9 Å². The monoisotopic (exact) mass is 503 g/mol. The Bertz CT molecular complexity index is 611. The lowest BCUT2D eigenvalue weighted by atomic mass is 10.2. The second-order valence-electron chi connectivity index (χ2n) is 7.57. The lowest BCUT2D eigenvalue weighted by molar-refractivity contribution is 0.0527. The quantitative estimate of drug-likeness (QED) is 0.280. The van der Waals surface area contributed by atoms with Crippen LogP contribution in [-0.2, 0) is 4.74 Å². The van der Waals surface area contributed by atoms with Gasteiger partial charge in [-0.15, -0.1) is 24.0 Å². The highest BCUT2D eigenvalue weighted by Crippen LogP contribution is 2.15. The first-order valence-electron chi connectivity index (χ1n) is 9.61. The van der Waals surface area contributed by atoms with Gasteiger partial charge in [0.25, 0.3) is 0 Å². The van der Waals surface area contributed by atoms with Gasteiger partial charge in [-0.05, 0) is 39.3 Å². The van der Waals surface area contributed by atoms with Gasteiger partial charge in [0.05, 0.1) is 0 Å². The average molecular weight is 503 g/mol. The highest BCUT2D eigenvalue weighted by molar-refractivity contribution is 14.0. The molecule has 1 aliphatic rings. The van der Waals surface area contributed by atoms with Crippen molar-refractivity contribution in [1.82, 2.24) is 15.5 Å². The highest BCUT2D eigenvalue weighted by atomic mass is 127. The summed E-state index contributed by atoms with van der Waals surface area (Å²) in [7, 11) is 1.81.